The maximum absolute atomic E-state index is 10.0. The van der Waals surface area contributed by atoms with Crippen molar-refractivity contribution >= 4 is 0 Å². The Morgan fingerprint density at radius 1 is 1.35 bits per heavy atom. The van der Waals surface area contributed by atoms with Gasteiger partial charge in [-0.15, -0.1) is 0 Å². The number of hydrogen-bond donors (Lipinski definition) is 1. The number of ether oxygens (including phenoxy) is 2. The first-order valence-corrected chi connectivity index (χ1v) is 7.29. The van der Waals surface area contributed by atoms with E-state index in [9.17, 15) is 5.11 Å². The van der Waals surface area contributed by atoms with Gasteiger partial charge in [0.2, 0.25) is 0 Å². The van der Waals surface area contributed by atoms with Crippen LogP contribution in [0.1, 0.15) is 12.0 Å². The first-order chi connectivity index (χ1) is 9.78. The first kappa shape index (κ1) is 15.4. The molecule has 2 unspecified atom stereocenters. The third kappa shape index (κ3) is 5.21. The fourth-order valence-electron chi connectivity index (χ4n) is 2.69. The topological polar surface area (TPSA) is 41.9 Å². The number of methoxy groups -OCH3 is 1. The Bertz CT molecular complexity index is 371. The van der Waals surface area contributed by atoms with E-state index in [0.717, 1.165) is 31.7 Å². The highest BCUT2D eigenvalue weighted by Crippen LogP contribution is 2.16. The molecule has 1 aliphatic heterocycles. The number of rotatable bonds is 8. The first-order valence-electron chi connectivity index (χ1n) is 7.29. The quantitative estimate of drug-likeness (QED) is 0.783. The van der Waals surface area contributed by atoms with Crippen LogP contribution in [0.2, 0.25) is 0 Å². The predicted octanol–water partition coefficient (Wildman–Crippen LogP) is 1.53. The zero-order chi connectivity index (χ0) is 14.2. The summed E-state index contributed by atoms with van der Waals surface area (Å²) in [6.45, 7) is 4.52. The zero-order valence-electron chi connectivity index (χ0n) is 12.2. The smallest absolute Gasteiger partial charge is 0.0900 e. The predicted molar refractivity (Wildman–Crippen MR) is 78.5 cm³/mol. The second-order valence-electron chi connectivity index (χ2n) is 5.52. The molecule has 20 heavy (non-hydrogen) atoms. The summed E-state index contributed by atoms with van der Waals surface area (Å²) in [5, 5.41) is 10.0. The second kappa shape index (κ2) is 8.37. The molecular formula is C16H25NO3. The van der Waals surface area contributed by atoms with Crippen molar-refractivity contribution in [1.82, 2.24) is 4.90 Å². The van der Waals surface area contributed by atoms with E-state index >= 15 is 0 Å². The SMILES string of the molecule is COCC1CCN(CC(O)COCc2ccccc2)C1. The standard InChI is InChI=1S/C16H25NO3/c1-19-11-15-7-8-17(9-15)10-16(18)13-20-12-14-5-3-2-4-6-14/h2-6,15-16,18H,7-13H2,1H3. The van der Waals surface area contributed by atoms with Crippen LogP contribution in [0.3, 0.4) is 0 Å². The van der Waals surface area contributed by atoms with Crippen LogP contribution in [0.4, 0.5) is 0 Å². The van der Waals surface area contributed by atoms with E-state index in [1.165, 1.54) is 0 Å². The van der Waals surface area contributed by atoms with Gasteiger partial charge in [0.1, 0.15) is 0 Å². The van der Waals surface area contributed by atoms with Crippen molar-refractivity contribution in [2.75, 3.05) is 40.0 Å². The lowest BCUT2D eigenvalue weighted by Crippen LogP contribution is -2.33. The maximum Gasteiger partial charge on any atom is 0.0900 e. The minimum absolute atomic E-state index is 0.389. The van der Waals surface area contributed by atoms with E-state index in [1.54, 1.807) is 7.11 Å². The summed E-state index contributed by atoms with van der Waals surface area (Å²) in [4.78, 5) is 2.29. The lowest BCUT2D eigenvalue weighted by atomic mass is 10.1. The molecule has 1 aliphatic rings. The van der Waals surface area contributed by atoms with Gasteiger partial charge in [0.05, 0.1) is 25.9 Å². The fraction of sp³-hybridized carbons (Fsp3) is 0.625. The lowest BCUT2D eigenvalue weighted by molar-refractivity contribution is 0.0123. The summed E-state index contributed by atoms with van der Waals surface area (Å²) >= 11 is 0. The van der Waals surface area contributed by atoms with E-state index in [4.69, 9.17) is 9.47 Å². The summed E-state index contributed by atoms with van der Waals surface area (Å²) in [5.74, 6) is 0.609. The Morgan fingerprint density at radius 3 is 2.90 bits per heavy atom. The van der Waals surface area contributed by atoms with E-state index in [1.807, 2.05) is 30.3 Å². The van der Waals surface area contributed by atoms with Crippen LogP contribution in [0.15, 0.2) is 30.3 Å². The van der Waals surface area contributed by atoms with Gasteiger partial charge in [0.15, 0.2) is 0 Å². The van der Waals surface area contributed by atoms with Crippen LogP contribution < -0.4 is 0 Å². The molecule has 2 rings (SSSR count). The summed E-state index contributed by atoms with van der Waals surface area (Å²) in [7, 11) is 1.74. The van der Waals surface area contributed by atoms with E-state index in [2.05, 4.69) is 4.90 Å². The molecule has 1 saturated heterocycles. The van der Waals surface area contributed by atoms with Crippen molar-refractivity contribution in [3.63, 3.8) is 0 Å². The van der Waals surface area contributed by atoms with Crippen LogP contribution in [0.25, 0.3) is 0 Å². The maximum atomic E-state index is 10.0. The highest BCUT2D eigenvalue weighted by atomic mass is 16.5. The minimum atomic E-state index is -0.417. The fourth-order valence-corrected chi connectivity index (χ4v) is 2.69. The Kier molecular flexibility index (Phi) is 6.47. The molecule has 1 aromatic rings. The molecule has 0 spiro atoms. The molecule has 0 amide bonds. The molecule has 112 valence electrons. The van der Waals surface area contributed by atoms with E-state index in [-0.39, 0.29) is 0 Å². The highest BCUT2D eigenvalue weighted by Gasteiger charge is 2.23. The molecule has 4 heteroatoms. The molecule has 1 fully saturated rings. The summed E-state index contributed by atoms with van der Waals surface area (Å²) < 4.78 is 10.7. The van der Waals surface area contributed by atoms with Gasteiger partial charge >= 0.3 is 0 Å². The molecular weight excluding hydrogens is 254 g/mol. The molecule has 0 aliphatic carbocycles. The third-order valence-electron chi connectivity index (χ3n) is 3.66. The number of β-amino-alcohol motifs (C(OH)–C–C–N with tert-alkyl or cyclic N) is 1. The zero-order valence-corrected chi connectivity index (χ0v) is 12.2. The second-order valence-corrected chi connectivity index (χ2v) is 5.52. The van der Waals surface area contributed by atoms with Crippen molar-refractivity contribution in [2.45, 2.75) is 19.1 Å². The number of aliphatic hydroxyl groups is 1. The average molecular weight is 279 g/mol. The van der Waals surface area contributed by atoms with E-state index in [0.29, 0.717) is 25.7 Å². The molecule has 1 N–H and O–H groups in total. The van der Waals surface area contributed by atoms with Crippen LogP contribution in [-0.4, -0.2) is 56.1 Å². The van der Waals surface area contributed by atoms with Crippen molar-refractivity contribution in [3.05, 3.63) is 35.9 Å². The van der Waals surface area contributed by atoms with Crippen LogP contribution in [0.5, 0.6) is 0 Å². The van der Waals surface area contributed by atoms with Crippen LogP contribution in [-0.2, 0) is 16.1 Å². The molecule has 1 aromatic carbocycles. The minimum Gasteiger partial charge on any atom is -0.389 e. The average Bonchev–Trinajstić information content (AvgIpc) is 2.88. The van der Waals surface area contributed by atoms with Crippen molar-refractivity contribution in [1.29, 1.82) is 0 Å². The molecule has 0 bridgehead atoms. The van der Waals surface area contributed by atoms with Gasteiger partial charge in [0.25, 0.3) is 0 Å². The van der Waals surface area contributed by atoms with Gasteiger partial charge < -0.3 is 19.5 Å². The molecule has 4 nitrogen and oxygen atoms in total. The van der Waals surface area contributed by atoms with Crippen LogP contribution in [0, 0.1) is 5.92 Å². The van der Waals surface area contributed by atoms with Gasteiger partial charge in [-0.1, -0.05) is 30.3 Å². The molecule has 1 heterocycles. The van der Waals surface area contributed by atoms with Gasteiger partial charge in [-0.2, -0.15) is 0 Å². The normalized spacial score (nSPS) is 21.2. The Labute approximate surface area is 121 Å². The van der Waals surface area contributed by atoms with Gasteiger partial charge in [-0.05, 0) is 24.4 Å². The molecule has 0 saturated carbocycles. The van der Waals surface area contributed by atoms with Gasteiger partial charge in [-0.3, -0.25) is 0 Å². The van der Waals surface area contributed by atoms with Crippen molar-refractivity contribution in [3.8, 4) is 0 Å². The Balaban J connectivity index is 1.60. The Morgan fingerprint density at radius 2 is 2.15 bits per heavy atom. The van der Waals surface area contributed by atoms with Gasteiger partial charge in [-0.25, -0.2) is 0 Å². The summed E-state index contributed by atoms with van der Waals surface area (Å²) in [5.41, 5.74) is 1.14. The van der Waals surface area contributed by atoms with Crippen molar-refractivity contribution < 1.29 is 14.6 Å². The largest absolute Gasteiger partial charge is 0.389 e. The number of likely N-dealkylation sites (tertiary alicyclic amines) is 1. The molecule has 0 radical (unpaired) electrons. The monoisotopic (exact) mass is 279 g/mol. The number of aliphatic hydroxyl groups excluding tert-OH is 1. The number of hydrogen-bond acceptors (Lipinski definition) is 4. The van der Waals surface area contributed by atoms with Gasteiger partial charge in [0, 0.05) is 20.2 Å². The lowest BCUT2D eigenvalue weighted by Gasteiger charge is -2.20. The summed E-state index contributed by atoms with van der Waals surface area (Å²) in [6, 6.07) is 10.0. The van der Waals surface area contributed by atoms with E-state index < -0.39 is 6.10 Å². The number of nitrogens with zero attached hydrogens (tertiary/aromatic N) is 1. The number of benzene rings is 1. The van der Waals surface area contributed by atoms with Crippen LogP contribution >= 0.6 is 0 Å². The molecule has 2 atom stereocenters. The van der Waals surface area contributed by atoms with Crippen molar-refractivity contribution in [2.24, 2.45) is 5.92 Å². The Hall–Kier alpha value is -0.940. The highest BCUT2D eigenvalue weighted by molar-refractivity contribution is 5.13. The third-order valence-corrected chi connectivity index (χ3v) is 3.66. The molecule has 0 aromatic heterocycles. The summed E-state index contributed by atoms with van der Waals surface area (Å²) in [6.07, 6.45) is 0.742.